The van der Waals surface area contributed by atoms with Crippen LogP contribution in [0.3, 0.4) is 0 Å². The van der Waals surface area contributed by atoms with Gasteiger partial charge in [0.25, 0.3) is 5.91 Å². The van der Waals surface area contributed by atoms with Gasteiger partial charge in [-0.15, -0.1) is 0 Å². The predicted octanol–water partition coefficient (Wildman–Crippen LogP) is 3.85. The smallest absolute Gasteiger partial charge is 0.274 e. The van der Waals surface area contributed by atoms with E-state index in [-0.39, 0.29) is 17.4 Å². The summed E-state index contributed by atoms with van der Waals surface area (Å²) in [6.45, 7) is 10.5. The molecule has 1 heterocycles. The Hall–Kier alpha value is -2.43. The monoisotopic (exact) mass is 312 g/mol. The molecule has 0 saturated heterocycles. The highest BCUT2D eigenvalue weighted by Crippen LogP contribution is 2.23. The Morgan fingerprint density at radius 2 is 1.74 bits per heavy atom. The molecule has 5 heteroatoms. The van der Waals surface area contributed by atoms with Gasteiger partial charge in [0.2, 0.25) is 0 Å². The molecule has 2 N–H and O–H groups in total. The lowest BCUT2D eigenvalue weighted by atomic mass is 9.87. The maximum Gasteiger partial charge on any atom is 0.274 e. The third-order valence-electron chi connectivity index (χ3n) is 3.35. The molecule has 1 aromatic carbocycles. The van der Waals surface area contributed by atoms with Crippen molar-refractivity contribution in [2.75, 3.05) is 10.6 Å². The number of benzene rings is 1. The standard InChI is InChI=1S/C18H24N4O/c1-12(2)21-16-10-15(19-11-20-16)17(23)22-14-8-6-13(7-9-14)18(3,4)5/h6-12H,1-5H3,(H,22,23)(H,19,20,21). The highest BCUT2D eigenvalue weighted by molar-refractivity contribution is 6.03. The lowest BCUT2D eigenvalue weighted by Crippen LogP contribution is -2.17. The number of rotatable bonds is 4. The van der Waals surface area contributed by atoms with Crippen LogP contribution in [0.25, 0.3) is 0 Å². The van der Waals surface area contributed by atoms with Crippen LogP contribution in [-0.4, -0.2) is 21.9 Å². The Kier molecular flexibility index (Phi) is 4.98. The molecule has 2 rings (SSSR count). The first-order chi connectivity index (χ1) is 10.8. The number of aromatic nitrogens is 2. The molecule has 0 spiro atoms. The summed E-state index contributed by atoms with van der Waals surface area (Å²) in [7, 11) is 0. The highest BCUT2D eigenvalue weighted by atomic mass is 16.1. The molecule has 0 fully saturated rings. The van der Waals surface area contributed by atoms with Crippen LogP contribution in [-0.2, 0) is 5.41 Å². The molecule has 0 aliphatic heterocycles. The molecule has 122 valence electrons. The quantitative estimate of drug-likeness (QED) is 0.900. The van der Waals surface area contributed by atoms with Crippen LogP contribution >= 0.6 is 0 Å². The lowest BCUT2D eigenvalue weighted by molar-refractivity contribution is 0.102. The van der Waals surface area contributed by atoms with Gasteiger partial charge in [-0.1, -0.05) is 32.9 Å². The summed E-state index contributed by atoms with van der Waals surface area (Å²) >= 11 is 0. The fourth-order valence-corrected chi connectivity index (χ4v) is 2.10. The van der Waals surface area contributed by atoms with Gasteiger partial charge in [-0.25, -0.2) is 9.97 Å². The van der Waals surface area contributed by atoms with E-state index in [9.17, 15) is 4.79 Å². The van der Waals surface area contributed by atoms with E-state index in [0.717, 1.165) is 5.69 Å². The minimum atomic E-state index is -0.247. The number of hydrogen-bond acceptors (Lipinski definition) is 4. The van der Waals surface area contributed by atoms with Crippen LogP contribution in [0, 0.1) is 0 Å². The van der Waals surface area contributed by atoms with E-state index in [0.29, 0.717) is 11.5 Å². The summed E-state index contributed by atoms with van der Waals surface area (Å²) in [4.78, 5) is 20.4. The zero-order valence-corrected chi connectivity index (χ0v) is 14.3. The molecular formula is C18H24N4O. The Morgan fingerprint density at radius 1 is 1.09 bits per heavy atom. The first kappa shape index (κ1) is 16.9. The molecule has 23 heavy (non-hydrogen) atoms. The Labute approximate surface area is 137 Å². The number of amides is 1. The summed E-state index contributed by atoms with van der Waals surface area (Å²) in [5.74, 6) is 0.394. The fourth-order valence-electron chi connectivity index (χ4n) is 2.10. The number of hydrogen-bond donors (Lipinski definition) is 2. The van der Waals surface area contributed by atoms with Crippen LogP contribution in [0.1, 0.15) is 50.7 Å². The molecule has 2 aromatic rings. The molecule has 0 unspecified atom stereocenters. The molecular weight excluding hydrogens is 288 g/mol. The predicted molar refractivity (Wildman–Crippen MR) is 93.9 cm³/mol. The normalized spacial score (nSPS) is 11.4. The van der Waals surface area contributed by atoms with Crippen molar-refractivity contribution in [2.45, 2.75) is 46.1 Å². The average Bonchev–Trinajstić information content (AvgIpc) is 2.46. The van der Waals surface area contributed by atoms with Crippen molar-refractivity contribution in [2.24, 2.45) is 0 Å². The van der Waals surface area contributed by atoms with E-state index < -0.39 is 0 Å². The van der Waals surface area contributed by atoms with Crippen LogP contribution in [0.4, 0.5) is 11.5 Å². The first-order valence-corrected chi connectivity index (χ1v) is 7.76. The van der Waals surface area contributed by atoms with Crippen LogP contribution in [0.2, 0.25) is 0 Å². The van der Waals surface area contributed by atoms with Crippen LogP contribution in [0.15, 0.2) is 36.7 Å². The molecule has 1 aromatic heterocycles. The van der Waals surface area contributed by atoms with Gasteiger partial charge in [-0.05, 0) is 37.0 Å². The van der Waals surface area contributed by atoms with Crippen LogP contribution in [0.5, 0.6) is 0 Å². The van der Waals surface area contributed by atoms with Gasteiger partial charge in [0.1, 0.15) is 17.8 Å². The lowest BCUT2D eigenvalue weighted by Gasteiger charge is -2.19. The average molecular weight is 312 g/mol. The van der Waals surface area contributed by atoms with Gasteiger partial charge >= 0.3 is 0 Å². The number of nitrogens with zero attached hydrogens (tertiary/aromatic N) is 2. The van der Waals surface area contributed by atoms with E-state index >= 15 is 0 Å². The Balaban J connectivity index is 2.10. The molecule has 5 nitrogen and oxygen atoms in total. The van der Waals surface area contributed by atoms with E-state index in [2.05, 4.69) is 41.4 Å². The first-order valence-electron chi connectivity index (χ1n) is 7.76. The molecule has 0 aliphatic rings. The van der Waals surface area contributed by atoms with Gasteiger partial charge in [-0.3, -0.25) is 4.79 Å². The van der Waals surface area contributed by atoms with Gasteiger partial charge in [0, 0.05) is 17.8 Å². The van der Waals surface area contributed by atoms with Gasteiger partial charge < -0.3 is 10.6 Å². The van der Waals surface area contributed by atoms with E-state index in [1.54, 1.807) is 6.07 Å². The van der Waals surface area contributed by atoms with Crippen LogP contribution < -0.4 is 10.6 Å². The van der Waals surface area contributed by atoms with Crippen molar-refractivity contribution in [3.8, 4) is 0 Å². The second-order valence-electron chi connectivity index (χ2n) is 6.87. The minimum Gasteiger partial charge on any atom is -0.368 e. The SMILES string of the molecule is CC(C)Nc1cc(C(=O)Nc2ccc(C(C)(C)C)cc2)ncn1. The summed E-state index contributed by atoms with van der Waals surface area (Å²) in [5.41, 5.74) is 2.40. The summed E-state index contributed by atoms with van der Waals surface area (Å²) < 4.78 is 0. The zero-order valence-electron chi connectivity index (χ0n) is 14.3. The van der Waals surface area contributed by atoms with Gasteiger partial charge in [0.05, 0.1) is 0 Å². The molecule has 0 radical (unpaired) electrons. The van der Waals surface area contributed by atoms with Crippen molar-refractivity contribution in [3.05, 3.63) is 47.9 Å². The summed E-state index contributed by atoms with van der Waals surface area (Å²) in [6, 6.07) is 9.77. The van der Waals surface area contributed by atoms with Crippen molar-refractivity contribution >= 4 is 17.4 Å². The van der Waals surface area contributed by atoms with Gasteiger partial charge in [-0.2, -0.15) is 0 Å². The number of carbonyl (C=O) groups excluding carboxylic acids is 1. The van der Waals surface area contributed by atoms with Gasteiger partial charge in [0.15, 0.2) is 0 Å². The van der Waals surface area contributed by atoms with Crippen molar-refractivity contribution in [1.29, 1.82) is 0 Å². The second kappa shape index (κ2) is 6.77. The maximum absolute atomic E-state index is 12.3. The van der Waals surface area contributed by atoms with E-state index in [1.807, 2.05) is 38.1 Å². The summed E-state index contributed by atoms with van der Waals surface area (Å²) in [6.07, 6.45) is 1.39. The fraction of sp³-hybridized carbons (Fsp3) is 0.389. The molecule has 1 amide bonds. The second-order valence-corrected chi connectivity index (χ2v) is 6.87. The zero-order chi connectivity index (χ0) is 17.0. The number of carbonyl (C=O) groups is 1. The third-order valence-corrected chi connectivity index (χ3v) is 3.35. The molecule has 0 saturated carbocycles. The molecule has 0 bridgehead atoms. The Bertz CT molecular complexity index is 672. The maximum atomic E-state index is 12.3. The largest absolute Gasteiger partial charge is 0.368 e. The Morgan fingerprint density at radius 3 is 2.30 bits per heavy atom. The van der Waals surface area contributed by atoms with Crippen molar-refractivity contribution < 1.29 is 4.79 Å². The highest BCUT2D eigenvalue weighted by Gasteiger charge is 2.14. The van der Waals surface area contributed by atoms with Crippen molar-refractivity contribution in [1.82, 2.24) is 9.97 Å². The van der Waals surface area contributed by atoms with E-state index in [1.165, 1.54) is 11.9 Å². The number of anilines is 2. The topological polar surface area (TPSA) is 66.9 Å². The third kappa shape index (κ3) is 4.77. The number of nitrogens with one attached hydrogen (secondary N) is 2. The minimum absolute atomic E-state index is 0.0899. The molecule has 0 aliphatic carbocycles. The van der Waals surface area contributed by atoms with E-state index in [4.69, 9.17) is 0 Å². The molecule has 0 atom stereocenters. The van der Waals surface area contributed by atoms with Crippen molar-refractivity contribution in [3.63, 3.8) is 0 Å². The summed E-state index contributed by atoms with van der Waals surface area (Å²) in [5, 5.41) is 6.02.